The van der Waals surface area contributed by atoms with E-state index in [1.807, 2.05) is 7.05 Å². The molecule has 0 aromatic heterocycles. The summed E-state index contributed by atoms with van der Waals surface area (Å²) in [5.41, 5.74) is 0.315. The maximum absolute atomic E-state index is 12.7. The van der Waals surface area contributed by atoms with Gasteiger partial charge in [0.05, 0.1) is 9.82 Å². The zero-order valence-electron chi connectivity index (χ0n) is 12.8. The first-order chi connectivity index (χ1) is 10.4. The summed E-state index contributed by atoms with van der Waals surface area (Å²) < 4.78 is 26.9. The molecule has 0 radical (unpaired) electrons. The van der Waals surface area contributed by atoms with Crippen LogP contribution in [0.1, 0.15) is 18.4 Å². The molecule has 22 heavy (non-hydrogen) atoms. The van der Waals surface area contributed by atoms with Crippen LogP contribution in [0.5, 0.6) is 0 Å². The Morgan fingerprint density at radius 2 is 2.00 bits per heavy atom. The van der Waals surface area contributed by atoms with E-state index in [2.05, 4.69) is 5.32 Å². The summed E-state index contributed by atoms with van der Waals surface area (Å²) >= 11 is 0. The summed E-state index contributed by atoms with van der Waals surface area (Å²) in [5.74, 6) is 0.495. The summed E-state index contributed by atoms with van der Waals surface area (Å²) in [6.45, 7) is 3.47. The molecular formula is C14H21N3O4S. The number of benzene rings is 1. The van der Waals surface area contributed by atoms with Crippen molar-refractivity contribution in [3.8, 4) is 0 Å². The molecule has 0 spiro atoms. The molecule has 8 heteroatoms. The number of hydrogen-bond acceptors (Lipinski definition) is 5. The number of rotatable bonds is 5. The lowest BCUT2D eigenvalue weighted by Crippen LogP contribution is -2.40. The molecule has 1 aliphatic rings. The summed E-state index contributed by atoms with van der Waals surface area (Å²) in [5, 5.41) is 13.9. The Kier molecular flexibility index (Phi) is 5.15. The molecule has 1 fully saturated rings. The fourth-order valence-electron chi connectivity index (χ4n) is 2.82. The third-order valence-corrected chi connectivity index (χ3v) is 6.11. The third kappa shape index (κ3) is 3.45. The monoisotopic (exact) mass is 327 g/mol. The first-order valence-electron chi connectivity index (χ1n) is 7.26. The second-order valence-corrected chi connectivity index (χ2v) is 7.52. The van der Waals surface area contributed by atoms with E-state index in [4.69, 9.17) is 0 Å². The third-order valence-electron chi connectivity index (χ3n) is 4.05. The lowest BCUT2D eigenvalue weighted by Gasteiger charge is -2.31. The molecule has 0 amide bonds. The lowest BCUT2D eigenvalue weighted by atomic mass is 9.98. The highest BCUT2D eigenvalue weighted by Crippen LogP contribution is 2.27. The van der Waals surface area contributed by atoms with Crippen LogP contribution >= 0.6 is 0 Å². The van der Waals surface area contributed by atoms with Gasteiger partial charge in [0.1, 0.15) is 0 Å². The van der Waals surface area contributed by atoms with Crippen LogP contribution in [0.4, 0.5) is 5.69 Å². The van der Waals surface area contributed by atoms with Crippen molar-refractivity contribution in [2.24, 2.45) is 5.92 Å². The van der Waals surface area contributed by atoms with E-state index in [1.165, 1.54) is 22.5 Å². The van der Waals surface area contributed by atoms with E-state index in [0.29, 0.717) is 24.6 Å². The van der Waals surface area contributed by atoms with Crippen molar-refractivity contribution in [3.63, 3.8) is 0 Å². The van der Waals surface area contributed by atoms with E-state index in [9.17, 15) is 18.5 Å². The first kappa shape index (κ1) is 16.9. The number of nitrogens with one attached hydrogen (secondary N) is 1. The van der Waals surface area contributed by atoms with Gasteiger partial charge in [-0.15, -0.1) is 0 Å². The van der Waals surface area contributed by atoms with Gasteiger partial charge in [0.25, 0.3) is 5.69 Å². The number of piperidine rings is 1. The Morgan fingerprint density at radius 3 is 2.50 bits per heavy atom. The number of nitrogens with zero attached hydrogens (tertiary/aromatic N) is 2. The van der Waals surface area contributed by atoms with E-state index in [-0.39, 0.29) is 10.6 Å². The van der Waals surface area contributed by atoms with Crippen LogP contribution in [-0.4, -0.2) is 44.3 Å². The number of sulfonamides is 1. The van der Waals surface area contributed by atoms with Gasteiger partial charge in [0.2, 0.25) is 10.0 Å². The molecule has 0 aliphatic carbocycles. The van der Waals surface area contributed by atoms with Gasteiger partial charge in [-0.2, -0.15) is 4.31 Å². The van der Waals surface area contributed by atoms with Crippen LogP contribution in [0.25, 0.3) is 0 Å². The smallest absolute Gasteiger partial charge is 0.269 e. The zero-order valence-corrected chi connectivity index (χ0v) is 13.6. The highest BCUT2D eigenvalue weighted by atomic mass is 32.2. The van der Waals surface area contributed by atoms with E-state index in [1.54, 1.807) is 6.92 Å². The predicted octanol–water partition coefficient (Wildman–Crippen LogP) is 1.52. The minimum atomic E-state index is -3.58. The second-order valence-electron chi connectivity index (χ2n) is 5.61. The van der Waals surface area contributed by atoms with Gasteiger partial charge < -0.3 is 5.32 Å². The van der Waals surface area contributed by atoms with Gasteiger partial charge in [0.15, 0.2) is 0 Å². The van der Waals surface area contributed by atoms with Crippen LogP contribution < -0.4 is 5.32 Å². The maximum Gasteiger partial charge on any atom is 0.269 e. The fourth-order valence-corrected chi connectivity index (χ4v) is 4.49. The van der Waals surface area contributed by atoms with Crippen LogP contribution in [0, 0.1) is 23.0 Å². The minimum absolute atomic E-state index is 0.0934. The Bertz CT molecular complexity index is 652. The Labute approximate surface area is 130 Å². The van der Waals surface area contributed by atoms with Crippen molar-refractivity contribution < 1.29 is 13.3 Å². The first-order valence-corrected chi connectivity index (χ1v) is 8.70. The molecule has 1 aromatic carbocycles. The van der Waals surface area contributed by atoms with E-state index >= 15 is 0 Å². The van der Waals surface area contributed by atoms with Gasteiger partial charge in [-0.05, 0) is 50.9 Å². The molecule has 0 bridgehead atoms. The SMILES string of the molecule is CNCC1CCN(S(=O)(=O)c2ccc([N+](=O)[O-])cc2C)CC1. The van der Waals surface area contributed by atoms with Crippen LogP contribution in [0.3, 0.4) is 0 Å². The Hall–Kier alpha value is -1.51. The number of nitro groups is 1. The van der Waals surface area contributed by atoms with Gasteiger partial charge in [0, 0.05) is 25.2 Å². The highest BCUT2D eigenvalue weighted by Gasteiger charge is 2.30. The Morgan fingerprint density at radius 1 is 1.36 bits per heavy atom. The topological polar surface area (TPSA) is 92.6 Å². The van der Waals surface area contributed by atoms with Gasteiger partial charge >= 0.3 is 0 Å². The largest absolute Gasteiger partial charge is 0.319 e. The molecule has 122 valence electrons. The van der Waals surface area contributed by atoms with Crippen molar-refractivity contribution in [1.29, 1.82) is 0 Å². The number of non-ortho nitro benzene ring substituents is 1. The molecule has 1 aliphatic heterocycles. The zero-order chi connectivity index (χ0) is 16.3. The van der Waals surface area contributed by atoms with Crippen LogP contribution in [0.15, 0.2) is 23.1 Å². The number of nitro benzene ring substituents is 1. The number of hydrogen-bond donors (Lipinski definition) is 1. The summed E-state index contributed by atoms with van der Waals surface area (Å²) in [6, 6.07) is 3.89. The molecule has 1 heterocycles. The molecule has 0 saturated carbocycles. The minimum Gasteiger partial charge on any atom is -0.319 e. The van der Waals surface area contributed by atoms with Crippen molar-refractivity contribution in [3.05, 3.63) is 33.9 Å². The molecule has 0 unspecified atom stereocenters. The predicted molar refractivity (Wildman–Crippen MR) is 83.2 cm³/mol. The summed E-state index contributed by atoms with van der Waals surface area (Å²) in [7, 11) is -1.69. The standard InChI is InChI=1S/C14H21N3O4S/c1-11-9-13(17(18)19)3-4-14(11)22(20,21)16-7-5-12(6-8-16)10-15-2/h3-4,9,12,15H,5-8,10H2,1-2H3. The normalized spacial score (nSPS) is 17.5. The van der Waals surface area contributed by atoms with E-state index < -0.39 is 14.9 Å². The molecule has 2 rings (SSSR count). The highest BCUT2D eigenvalue weighted by molar-refractivity contribution is 7.89. The van der Waals surface area contributed by atoms with Crippen molar-refractivity contribution in [2.45, 2.75) is 24.7 Å². The molecule has 0 atom stereocenters. The molecule has 1 N–H and O–H groups in total. The molecule has 1 aromatic rings. The molecular weight excluding hydrogens is 306 g/mol. The van der Waals surface area contributed by atoms with Crippen LogP contribution in [-0.2, 0) is 10.0 Å². The van der Waals surface area contributed by atoms with Crippen molar-refractivity contribution >= 4 is 15.7 Å². The second kappa shape index (κ2) is 6.72. The molecule has 7 nitrogen and oxygen atoms in total. The van der Waals surface area contributed by atoms with Crippen LogP contribution in [0.2, 0.25) is 0 Å². The van der Waals surface area contributed by atoms with Gasteiger partial charge in [-0.25, -0.2) is 8.42 Å². The van der Waals surface area contributed by atoms with Gasteiger partial charge in [-0.3, -0.25) is 10.1 Å². The average molecular weight is 327 g/mol. The Balaban J connectivity index is 2.19. The summed E-state index contributed by atoms with van der Waals surface area (Å²) in [6.07, 6.45) is 1.65. The van der Waals surface area contributed by atoms with Gasteiger partial charge in [-0.1, -0.05) is 0 Å². The molecule has 1 saturated heterocycles. The maximum atomic E-state index is 12.7. The average Bonchev–Trinajstić information content (AvgIpc) is 2.47. The summed E-state index contributed by atoms with van der Waals surface area (Å²) in [4.78, 5) is 10.4. The van der Waals surface area contributed by atoms with Crippen molar-refractivity contribution in [2.75, 3.05) is 26.7 Å². The van der Waals surface area contributed by atoms with Crippen molar-refractivity contribution in [1.82, 2.24) is 9.62 Å². The lowest BCUT2D eigenvalue weighted by molar-refractivity contribution is -0.385. The quantitative estimate of drug-likeness (QED) is 0.654. The van der Waals surface area contributed by atoms with E-state index in [0.717, 1.165) is 19.4 Å². The number of aryl methyl sites for hydroxylation is 1. The fraction of sp³-hybridized carbons (Fsp3) is 0.571.